The summed E-state index contributed by atoms with van der Waals surface area (Å²) in [6, 6.07) is 8.47. The molecule has 21 heavy (non-hydrogen) atoms. The highest BCUT2D eigenvalue weighted by Gasteiger charge is 2.29. The molecule has 5 nitrogen and oxygen atoms in total. The zero-order valence-corrected chi connectivity index (χ0v) is 12.8. The number of carbonyl (C=O) groups is 1. The van der Waals surface area contributed by atoms with Crippen molar-refractivity contribution in [2.45, 2.75) is 12.0 Å². The van der Waals surface area contributed by atoms with Crippen molar-refractivity contribution in [3.8, 4) is 0 Å². The minimum absolute atomic E-state index is 0.0622. The molecule has 1 amide bonds. The van der Waals surface area contributed by atoms with Crippen LogP contribution < -0.4 is 10.6 Å². The molecular weight excluding hydrogens is 264 g/mol. The molecule has 2 unspecified atom stereocenters. The largest absolute Gasteiger partial charge is 0.384 e. The Hall–Kier alpha value is -1.59. The molecule has 0 aliphatic carbocycles. The van der Waals surface area contributed by atoms with E-state index in [4.69, 9.17) is 0 Å². The van der Waals surface area contributed by atoms with Crippen molar-refractivity contribution in [1.29, 1.82) is 0 Å². The summed E-state index contributed by atoms with van der Waals surface area (Å²) in [5.74, 6) is 0.0712. The average molecular weight is 288 g/mol. The Balaban J connectivity index is 1.58. The molecule has 2 aliphatic heterocycles. The predicted molar refractivity (Wildman–Crippen MR) is 84.6 cm³/mol. The Morgan fingerprint density at radius 2 is 2.14 bits per heavy atom. The molecule has 1 aromatic carbocycles. The van der Waals surface area contributed by atoms with Crippen LogP contribution >= 0.6 is 0 Å². The molecule has 0 bridgehead atoms. The second-order valence-electron chi connectivity index (χ2n) is 6.16. The van der Waals surface area contributed by atoms with Crippen molar-refractivity contribution in [2.24, 2.45) is 0 Å². The van der Waals surface area contributed by atoms with Crippen molar-refractivity contribution in [3.05, 3.63) is 29.8 Å². The van der Waals surface area contributed by atoms with Crippen molar-refractivity contribution in [3.63, 3.8) is 0 Å². The number of amides is 1. The van der Waals surface area contributed by atoms with Crippen LogP contribution in [-0.4, -0.2) is 68.6 Å². The number of anilines is 1. The third-order valence-corrected chi connectivity index (χ3v) is 4.64. The number of fused-ring (bicyclic) bond motifs is 1. The second-order valence-corrected chi connectivity index (χ2v) is 6.16. The predicted octanol–water partition coefficient (Wildman–Crippen LogP) is 0.558. The molecule has 3 rings (SSSR count). The van der Waals surface area contributed by atoms with Gasteiger partial charge in [-0.3, -0.25) is 9.69 Å². The monoisotopic (exact) mass is 288 g/mol. The Morgan fingerprint density at radius 1 is 1.33 bits per heavy atom. The number of para-hydroxylation sites is 1. The molecule has 0 saturated carbocycles. The smallest absolute Gasteiger partial charge is 0.229 e. The summed E-state index contributed by atoms with van der Waals surface area (Å²) >= 11 is 0. The standard InChI is InChI=1S/C16H24N4O/c1-19-7-8-20(2)12(11-19)9-18-16(21)14-10-17-15-6-4-3-5-13(14)15/h3-6,12,14,17H,7-11H2,1-2H3,(H,18,21). The normalized spacial score (nSPS) is 26.2. The van der Waals surface area contributed by atoms with Crippen molar-refractivity contribution >= 4 is 11.6 Å². The van der Waals surface area contributed by atoms with Crippen LogP contribution in [0.2, 0.25) is 0 Å². The minimum Gasteiger partial charge on any atom is -0.384 e. The van der Waals surface area contributed by atoms with Gasteiger partial charge in [0.05, 0.1) is 5.92 Å². The van der Waals surface area contributed by atoms with Crippen LogP contribution in [0.25, 0.3) is 0 Å². The molecular formula is C16H24N4O. The summed E-state index contributed by atoms with van der Waals surface area (Å²) < 4.78 is 0. The van der Waals surface area contributed by atoms with E-state index >= 15 is 0 Å². The van der Waals surface area contributed by atoms with Gasteiger partial charge in [0.25, 0.3) is 0 Å². The summed E-state index contributed by atoms with van der Waals surface area (Å²) in [5, 5.41) is 6.44. The van der Waals surface area contributed by atoms with E-state index in [-0.39, 0.29) is 11.8 Å². The van der Waals surface area contributed by atoms with Gasteiger partial charge in [-0.1, -0.05) is 18.2 Å². The summed E-state index contributed by atoms with van der Waals surface area (Å²) in [4.78, 5) is 17.1. The lowest BCUT2D eigenvalue weighted by Crippen LogP contribution is -2.54. The third kappa shape index (κ3) is 3.04. The van der Waals surface area contributed by atoms with E-state index in [9.17, 15) is 4.79 Å². The maximum atomic E-state index is 12.5. The lowest BCUT2D eigenvalue weighted by molar-refractivity contribution is -0.122. The van der Waals surface area contributed by atoms with E-state index < -0.39 is 0 Å². The fourth-order valence-electron chi connectivity index (χ4n) is 3.18. The number of likely N-dealkylation sites (N-methyl/N-ethyl adjacent to an activating group) is 2. The first-order valence-corrected chi connectivity index (χ1v) is 7.64. The Bertz CT molecular complexity index is 519. The minimum atomic E-state index is -0.0622. The highest BCUT2D eigenvalue weighted by Crippen LogP contribution is 2.30. The van der Waals surface area contributed by atoms with E-state index in [1.54, 1.807) is 0 Å². The SMILES string of the molecule is CN1CCN(C)C(CNC(=O)C2CNc3ccccc32)C1. The number of carbonyl (C=O) groups excluding carboxylic acids is 1. The van der Waals surface area contributed by atoms with Gasteiger partial charge in [-0.05, 0) is 25.7 Å². The molecule has 0 aromatic heterocycles. The fourth-order valence-corrected chi connectivity index (χ4v) is 3.18. The molecule has 1 saturated heterocycles. The van der Waals surface area contributed by atoms with Gasteiger partial charge in [0, 0.05) is 44.5 Å². The first kappa shape index (κ1) is 14.4. The van der Waals surface area contributed by atoms with E-state index in [1.807, 2.05) is 24.3 Å². The van der Waals surface area contributed by atoms with Crippen LogP contribution in [0.1, 0.15) is 11.5 Å². The van der Waals surface area contributed by atoms with Crippen LogP contribution in [0.4, 0.5) is 5.69 Å². The molecule has 2 atom stereocenters. The zero-order chi connectivity index (χ0) is 14.8. The highest BCUT2D eigenvalue weighted by molar-refractivity contribution is 5.88. The lowest BCUT2D eigenvalue weighted by atomic mass is 10.0. The number of rotatable bonds is 3. The molecule has 0 spiro atoms. The van der Waals surface area contributed by atoms with E-state index in [1.165, 1.54) is 0 Å². The van der Waals surface area contributed by atoms with Gasteiger partial charge in [-0.15, -0.1) is 0 Å². The maximum Gasteiger partial charge on any atom is 0.229 e. The molecule has 1 aromatic rings. The average Bonchev–Trinajstić information content (AvgIpc) is 2.92. The van der Waals surface area contributed by atoms with Gasteiger partial charge in [0.2, 0.25) is 5.91 Å². The van der Waals surface area contributed by atoms with Crippen LogP contribution in [0.5, 0.6) is 0 Å². The number of benzene rings is 1. The summed E-state index contributed by atoms with van der Waals surface area (Å²) in [7, 11) is 4.27. The first-order chi connectivity index (χ1) is 10.1. The van der Waals surface area contributed by atoms with Crippen molar-refractivity contribution in [2.75, 3.05) is 52.1 Å². The third-order valence-electron chi connectivity index (χ3n) is 4.64. The highest BCUT2D eigenvalue weighted by atomic mass is 16.1. The Labute approximate surface area is 126 Å². The van der Waals surface area contributed by atoms with E-state index in [2.05, 4.69) is 34.5 Å². The summed E-state index contributed by atoms with van der Waals surface area (Å²) in [6.07, 6.45) is 0. The van der Waals surface area contributed by atoms with Crippen LogP contribution in [0.15, 0.2) is 24.3 Å². The Morgan fingerprint density at radius 3 is 3.00 bits per heavy atom. The number of hydrogen-bond acceptors (Lipinski definition) is 4. The molecule has 114 valence electrons. The summed E-state index contributed by atoms with van der Waals surface area (Å²) in [6.45, 7) is 4.59. The quantitative estimate of drug-likeness (QED) is 0.853. The van der Waals surface area contributed by atoms with Gasteiger partial charge in [-0.25, -0.2) is 0 Å². The first-order valence-electron chi connectivity index (χ1n) is 7.64. The topological polar surface area (TPSA) is 47.6 Å². The molecule has 2 N–H and O–H groups in total. The summed E-state index contributed by atoms with van der Waals surface area (Å²) in [5.41, 5.74) is 2.20. The molecule has 2 aliphatic rings. The Kier molecular flexibility index (Phi) is 4.12. The number of nitrogens with zero attached hydrogens (tertiary/aromatic N) is 2. The van der Waals surface area contributed by atoms with Crippen molar-refractivity contribution in [1.82, 2.24) is 15.1 Å². The van der Waals surface area contributed by atoms with Gasteiger partial charge in [0.15, 0.2) is 0 Å². The number of hydrogen-bond donors (Lipinski definition) is 2. The van der Waals surface area contributed by atoms with E-state index in [0.29, 0.717) is 12.6 Å². The lowest BCUT2D eigenvalue weighted by Gasteiger charge is -2.37. The van der Waals surface area contributed by atoms with Gasteiger partial charge in [0.1, 0.15) is 0 Å². The van der Waals surface area contributed by atoms with Crippen LogP contribution in [0, 0.1) is 0 Å². The molecule has 2 heterocycles. The number of nitrogens with one attached hydrogen (secondary N) is 2. The molecule has 1 fully saturated rings. The van der Waals surface area contributed by atoms with Crippen LogP contribution in [0.3, 0.4) is 0 Å². The second kappa shape index (κ2) is 6.03. The number of piperazine rings is 1. The maximum absolute atomic E-state index is 12.5. The van der Waals surface area contributed by atoms with Gasteiger partial charge in [-0.2, -0.15) is 0 Å². The molecule has 5 heteroatoms. The van der Waals surface area contributed by atoms with Gasteiger partial charge >= 0.3 is 0 Å². The molecule has 0 radical (unpaired) electrons. The van der Waals surface area contributed by atoms with Crippen molar-refractivity contribution < 1.29 is 4.79 Å². The fraction of sp³-hybridized carbons (Fsp3) is 0.562. The van der Waals surface area contributed by atoms with Crippen LogP contribution in [-0.2, 0) is 4.79 Å². The zero-order valence-electron chi connectivity index (χ0n) is 12.8. The van der Waals surface area contributed by atoms with E-state index in [0.717, 1.165) is 37.4 Å². The van der Waals surface area contributed by atoms with Gasteiger partial charge < -0.3 is 15.5 Å².